The molecule has 0 saturated heterocycles. The fraction of sp³-hybridized carbons (Fsp3) is 0.542. The Bertz CT molecular complexity index is 895. The van der Waals surface area contributed by atoms with E-state index in [0.29, 0.717) is 12.2 Å². The number of carbonyl (C=O) groups is 5. The summed E-state index contributed by atoms with van der Waals surface area (Å²) in [5.41, 5.74) is 0.0825. The molecule has 0 aliphatic heterocycles. The van der Waals surface area contributed by atoms with Crippen molar-refractivity contribution in [1.82, 2.24) is 21.3 Å². The lowest BCUT2D eigenvalue weighted by atomic mass is 10.0. The summed E-state index contributed by atoms with van der Waals surface area (Å²) >= 11 is 1.52. The summed E-state index contributed by atoms with van der Waals surface area (Å²) in [5, 5.41) is 9.92. The maximum atomic E-state index is 13.0. The number of rotatable bonds is 13. The normalized spacial score (nSPS) is 11.8. The molecule has 8 N–H and O–H groups in total. The van der Waals surface area contributed by atoms with Crippen LogP contribution in [0.1, 0.15) is 32.8 Å². The Hall–Kier alpha value is -3.36. The van der Waals surface area contributed by atoms with Gasteiger partial charge in [0, 0.05) is 6.42 Å². The quantitative estimate of drug-likeness (QED) is 0.222. The molecule has 0 radical (unpaired) electrons. The largest absolute Gasteiger partial charge is 0.467 e. The number of methoxy groups -OCH3 is 1. The van der Waals surface area contributed by atoms with Crippen LogP contribution >= 0.6 is 11.8 Å². The maximum absolute atomic E-state index is 13.0. The van der Waals surface area contributed by atoms with E-state index >= 15 is 0 Å². The Labute approximate surface area is 226 Å². The molecule has 1 rings (SSSR count). The summed E-state index contributed by atoms with van der Waals surface area (Å²) in [5.74, 6) is -1.73. The first kappa shape index (κ1) is 36.8. The van der Waals surface area contributed by atoms with Crippen molar-refractivity contribution in [3.8, 4) is 0 Å². The average Bonchev–Trinajstić information content (AvgIpc) is 2.82. The number of benzene rings is 1. The molecule has 1 aromatic carbocycles. The molecule has 0 saturated carbocycles. The Kier molecular flexibility index (Phi) is 18.2. The van der Waals surface area contributed by atoms with Crippen LogP contribution in [-0.2, 0) is 35.1 Å². The lowest BCUT2D eigenvalue weighted by Crippen LogP contribution is -2.54. The lowest BCUT2D eigenvalue weighted by Gasteiger charge is -2.22. The number of esters is 1. The molecular weight excluding hydrogens is 520 g/mol. The van der Waals surface area contributed by atoms with Gasteiger partial charge in [0.2, 0.25) is 17.7 Å². The first-order chi connectivity index (χ1) is 16.9. The van der Waals surface area contributed by atoms with Gasteiger partial charge in [0.1, 0.15) is 24.2 Å². The van der Waals surface area contributed by atoms with Crippen LogP contribution in [0.2, 0.25) is 0 Å². The summed E-state index contributed by atoms with van der Waals surface area (Å²) in [7, 11) is 1.24. The van der Waals surface area contributed by atoms with Crippen LogP contribution in [0.25, 0.3) is 0 Å². The van der Waals surface area contributed by atoms with Gasteiger partial charge in [0.15, 0.2) is 0 Å². The molecule has 0 fully saturated rings. The zero-order chi connectivity index (χ0) is 27.1. The van der Waals surface area contributed by atoms with Gasteiger partial charge in [-0.15, -0.1) is 0 Å². The number of thioether (sulfide) groups is 1. The van der Waals surface area contributed by atoms with Crippen LogP contribution in [0.3, 0.4) is 0 Å². The Morgan fingerprint density at radius 3 is 2.05 bits per heavy atom. The average molecular weight is 561 g/mol. The highest BCUT2D eigenvalue weighted by Gasteiger charge is 2.27. The minimum atomic E-state index is -1.00. The number of hydrogen-bond acceptors (Lipinski definition) is 8. The van der Waals surface area contributed by atoms with Crippen molar-refractivity contribution in [1.29, 1.82) is 0 Å². The van der Waals surface area contributed by atoms with Crippen LogP contribution in [-0.4, -0.2) is 90.6 Å². The minimum absolute atomic E-state index is 0. The summed E-state index contributed by atoms with van der Waals surface area (Å²) in [6.45, 7) is 4.27. The van der Waals surface area contributed by atoms with Gasteiger partial charge < -0.3 is 41.7 Å². The summed E-state index contributed by atoms with van der Waals surface area (Å²) in [4.78, 5) is 61.3. The predicted octanol–water partition coefficient (Wildman–Crippen LogP) is -0.884. The first-order valence-electron chi connectivity index (χ1n) is 11.4. The van der Waals surface area contributed by atoms with Crippen LogP contribution in [0.4, 0.5) is 4.79 Å². The van der Waals surface area contributed by atoms with E-state index in [4.69, 9.17) is 9.47 Å². The Balaban J connectivity index is 0. The number of carbonyl (C=O) groups excluding carboxylic acids is 5. The Morgan fingerprint density at radius 2 is 1.50 bits per heavy atom. The third-order valence-electron chi connectivity index (χ3n) is 4.59. The monoisotopic (exact) mass is 560 g/mol. The van der Waals surface area contributed by atoms with Gasteiger partial charge in [-0.2, -0.15) is 11.8 Å². The molecule has 13 nitrogen and oxygen atoms in total. The topological polar surface area (TPSA) is 215 Å². The van der Waals surface area contributed by atoms with E-state index in [2.05, 4.69) is 21.3 Å². The molecule has 0 bridgehead atoms. The van der Waals surface area contributed by atoms with E-state index in [1.165, 1.54) is 18.9 Å². The lowest BCUT2D eigenvalue weighted by molar-refractivity contribution is -0.145. The van der Waals surface area contributed by atoms with Crippen LogP contribution < -0.4 is 21.3 Å². The molecule has 216 valence electrons. The second-order valence-electron chi connectivity index (χ2n) is 8.81. The summed E-state index contributed by atoms with van der Waals surface area (Å²) < 4.78 is 9.83. The third kappa shape index (κ3) is 15.7. The predicted molar refractivity (Wildman–Crippen MR) is 143 cm³/mol. The fourth-order valence-electron chi connectivity index (χ4n) is 2.91. The van der Waals surface area contributed by atoms with Crippen LogP contribution in [0.5, 0.6) is 0 Å². The molecular formula is C24H40N4O9S. The van der Waals surface area contributed by atoms with Gasteiger partial charge in [-0.3, -0.25) is 14.4 Å². The van der Waals surface area contributed by atoms with Crippen molar-refractivity contribution in [2.75, 3.05) is 32.2 Å². The second-order valence-corrected chi connectivity index (χ2v) is 9.79. The van der Waals surface area contributed by atoms with Crippen molar-refractivity contribution < 1.29 is 44.4 Å². The summed E-state index contributed by atoms with van der Waals surface area (Å²) in [6, 6.07) is 7.19. The van der Waals surface area contributed by atoms with E-state index in [-0.39, 0.29) is 23.9 Å². The zero-order valence-electron chi connectivity index (χ0n) is 22.3. The van der Waals surface area contributed by atoms with E-state index < -0.39 is 54.0 Å². The molecule has 0 heterocycles. The van der Waals surface area contributed by atoms with Crippen molar-refractivity contribution >= 4 is 41.5 Å². The molecule has 0 aliphatic rings. The van der Waals surface area contributed by atoms with Gasteiger partial charge in [-0.25, -0.2) is 9.59 Å². The fourth-order valence-corrected chi connectivity index (χ4v) is 3.38. The number of hydrogen-bond donors (Lipinski definition) is 4. The van der Waals surface area contributed by atoms with E-state index in [1.54, 1.807) is 32.9 Å². The van der Waals surface area contributed by atoms with Crippen molar-refractivity contribution in [3.63, 3.8) is 0 Å². The van der Waals surface area contributed by atoms with Gasteiger partial charge in [0.25, 0.3) is 0 Å². The molecule has 4 amide bonds. The molecule has 0 aromatic heterocycles. The second kappa shape index (κ2) is 18.8. The molecule has 38 heavy (non-hydrogen) atoms. The zero-order valence-corrected chi connectivity index (χ0v) is 23.2. The summed E-state index contributed by atoms with van der Waals surface area (Å²) in [6.07, 6.45) is 1.66. The number of alkyl carbamates (subject to hydrolysis) is 1. The van der Waals surface area contributed by atoms with Crippen LogP contribution in [0, 0.1) is 0 Å². The SMILES string of the molecule is COC(=O)[C@@H](CCSC)NC(=O)[C@H](Cc1ccccc1)NC(=O)CNC(=O)CNC(=O)OC(C)(C)C.O.O. The van der Waals surface area contributed by atoms with Gasteiger partial charge in [-0.05, 0) is 44.8 Å². The van der Waals surface area contributed by atoms with Gasteiger partial charge >= 0.3 is 12.1 Å². The molecule has 0 spiro atoms. The maximum Gasteiger partial charge on any atom is 0.408 e. The number of ether oxygens (including phenoxy) is 2. The Morgan fingerprint density at radius 1 is 0.895 bits per heavy atom. The highest BCUT2D eigenvalue weighted by molar-refractivity contribution is 7.98. The van der Waals surface area contributed by atoms with Gasteiger partial charge in [0.05, 0.1) is 13.7 Å². The standard InChI is InChI=1S/C24H36N4O7S.2H2O/c1-24(2,3)35-23(33)26-14-19(29)25-15-20(30)27-18(13-16-9-7-6-8-10-16)21(31)28-17(11-12-36-5)22(32)34-4;;/h6-10,17-18H,11-15H2,1-5H3,(H,25,29)(H,26,33)(H,27,30)(H,28,31);2*1H2/t17-,18+;;/m1../s1. The highest BCUT2D eigenvalue weighted by atomic mass is 32.2. The first-order valence-corrected chi connectivity index (χ1v) is 12.8. The van der Waals surface area contributed by atoms with Crippen LogP contribution in [0.15, 0.2) is 30.3 Å². The van der Waals surface area contributed by atoms with E-state index in [0.717, 1.165) is 5.56 Å². The van der Waals surface area contributed by atoms with Gasteiger partial charge in [-0.1, -0.05) is 30.3 Å². The molecule has 0 aliphatic carbocycles. The third-order valence-corrected chi connectivity index (χ3v) is 5.23. The molecule has 14 heteroatoms. The molecule has 2 atom stereocenters. The highest BCUT2D eigenvalue weighted by Crippen LogP contribution is 2.07. The van der Waals surface area contributed by atoms with Crippen molar-refractivity contribution in [2.24, 2.45) is 0 Å². The number of amides is 4. The van der Waals surface area contributed by atoms with Crippen molar-refractivity contribution in [3.05, 3.63) is 35.9 Å². The van der Waals surface area contributed by atoms with Crippen molar-refractivity contribution in [2.45, 2.75) is 51.3 Å². The number of nitrogens with one attached hydrogen (secondary N) is 4. The van der Waals surface area contributed by atoms with E-state index in [9.17, 15) is 24.0 Å². The smallest absolute Gasteiger partial charge is 0.408 e. The molecule has 0 unspecified atom stereocenters. The molecule has 1 aromatic rings. The minimum Gasteiger partial charge on any atom is -0.467 e. The van der Waals surface area contributed by atoms with E-state index in [1.807, 2.05) is 24.5 Å².